The number of carbonyl (C=O) groups excluding carboxylic acids is 1. The second kappa shape index (κ2) is 6.93. The van der Waals surface area contributed by atoms with Crippen molar-refractivity contribution in [2.45, 2.75) is 0 Å². The predicted molar refractivity (Wildman–Crippen MR) is 60.4 cm³/mol. The van der Waals surface area contributed by atoms with Gasteiger partial charge in [0.25, 0.3) is 0 Å². The molecule has 0 aromatic carbocycles. The minimum absolute atomic E-state index is 0.177. The highest BCUT2D eigenvalue weighted by atomic mass is 35.5. The van der Waals surface area contributed by atoms with Gasteiger partial charge in [0.15, 0.2) is 6.61 Å². The summed E-state index contributed by atoms with van der Waals surface area (Å²) in [5, 5.41) is 1.75. The number of ketones is 1. The molecule has 0 bridgehead atoms. The van der Waals surface area contributed by atoms with E-state index in [1.165, 1.54) is 18.4 Å². The Balaban J connectivity index is 2.25. The molecule has 1 heterocycles. The average Bonchev–Trinajstić information content (AvgIpc) is 2.69. The van der Waals surface area contributed by atoms with E-state index >= 15 is 0 Å². The van der Waals surface area contributed by atoms with E-state index in [-0.39, 0.29) is 19.0 Å². The van der Waals surface area contributed by atoms with Crippen LogP contribution in [0, 0.1) is 0 Å². The fraction of sp³-hybridized carbons (Fsp3) is 0.375. The fourth-order valence-corrected chi connectivity index (χ4v) is 1.94. The third-order valence-electron chi connectivity index (χ3n) is 1.45. The largest absolute Gasteiger partial charge is 0.697 e. The zero-order valence-corrected chi connectivity index (χ0v) is 10.8. The molecule has 0 N–H and O–H groups in total. The van der Waals surface area contributed by atoms with E-state index in [9.17, 15) is 9.36 Å². The molecule has 0 spiro atoms. The highest BCUT2D eigenvalue weighted by molar-refractivity contribution is 7.33. The maximum Gasteiger partial charge on any atom is 0.697 e. The lowest BCUT2D eigenvalue weighted by molar-refractivity contribution is -0.123. The van der Waals surface area contributed by atoms with Crippen LogP contribution in [-0.2, 0) is 18.4 Å². The van der Waals surface area contributed by atoms with Crippen LogP contribution in [0.1, 0.15) is 0 Å². The Kier molecular flexibility index (Phi) is 5.87. The number of hydrogen-bond donors (Lipinski definition) is 0. The van der Waals surface area contributed by atoms with Gasteiger partial charge in [0, 0.05) is 4.57 Å². The molecule has 1 unspecified atom stereocenters. The Morgan fingerprint density at radius 2 is 2.31 bits per heavy atom. The summed E-state index contributed by atoms with van der Waals surface area (Å²) in [6.45, 7) is -0.492. The van der Waals surface area contributed by atoms with Gasteiger partial charge in [-0.25, -0.2) is 0 Å². The molecule has 5 nitrogen and oxygen atoms in total. The molecule has 0 aliphatic carbocycles. The Hall–Kier alpha value is -0.520. The van der Waals surface area contributed by atoms with Crippen LogP contribution in [0.25, 0.3) is 0 Å². The lowest BCUT2D eigenvalue weighted by atomic mass is 10.4. The van der Waals surface area contributed by atoms with Gasteiger partial charge in [0.2, 0.25) is 5.78 Å². The van der Waals surface area contributed by atoms with Gasteiger partial charge in [-0.1, -0.05) is 11.6 Å². The van der Waals surface area contributed by atoms with E-state index in [4.69, 9.17) is 16.3 Å². The van der Waals surface area contributed by atoms with Crippen molar-refractivity contribution in [1.82, 2.24) is 0 Å². The zero-order chi connectivity index (χ0) is 12.0. The predicted octanol–water partition coefficient (Wildman–Crippen LogP) is 2.67. The fourth-order valence-electron chi connectivity index (χ4n) is 0.761. The van der Waals surface area contributed by atoms with Gasteiger partial charge in [-0.2, -0.15) is 0 Å². The molecule has 1 atom stereocenters. The van der Waals surface area contributed by atoms with Gasteiger partial charge in [-0.05, 0) is 11.4 Å². The topological polar surface area (TPSA) is 61.8 Å². The van der Waals surface area contributed by atoms with Gasteiger partial charge in [0.05, 0.1) is 7.11 Å². The van der Waals surface area contributed by atoms with Crippen molar-refractivity contribution in [2.24, 2.45) is 0 Å². The molecule has 1 aromatic rings. The summed E-state index contributed by atoms with van der Waals surface area (Å²) in [7, 11) is -0.996. The van der Waals surface area contributed by atoms with E-state index in [1.54, 1.807) is 11.4 Å². The molecule has 0 fully saturated rings. The third kappa shape index (κ3) is 4.55. The molecular formula is C8H9ClO5PS+. The molecule has 0 aliphatic rings. The number of hydrogen-bond acceptors (Lipinski definition) is 6. The van der Waals surface area contributed by atoms with Crippen molar-refractivity contribution in [1.29, 1.82) is 0 Å². The summed E-state index contributed by atoms with van der Waals surface area (Å²) in [6, 6.07) is 1.66. The lowest BCUT2D eigenvalue weighted by Gasteiger charge is -2.01. The molecule has 16 heavy (non-hydrogen) atoms. The minimum atomic E-state index is -2.22. The first-order chi connectivity index (χ1) is 7.63. The van der Waals surface area contributed by atoms with E-state index in [0.717, 1.165) is 0 Å². The average molecular weight is 284 g/mol. The van der Waals surface area contributed by atoms with Crippen LogP contribution in [-0.4, -0.2) is 26.1 Å². The smallest absolute Gasteiger partial charge is 0.483 e. The first kappa shape index (κ1) is 13.5. The van der Waals surface area contributed by atoms with Crippen LogP contribution in [0.4, 0.5) is 0 Å². The molecule has 0 saturated heterocycles. The van der Waals surface area contributed by atoms with Gasteiger partial charge in [0.1, 0.15) is 16.7 Å². The molecular weight excluding hydrogens is 275 g/mol. The van der Waals surface area contributed by atoms with Gasteiger partial charge < -0.3 is 4.74 Å². The van der Waals surface area contributed by atoms with Crippen molar-refractivity contribution >= 4 is 37.0 Å². The molecule has 8 heteroatoms. The quantitative estimate of drug-likeness (QED) is 0.720. The number of rotatable bonds is 7. The maximum absolute atomic E-state index is 11.2. The van der Waals surface area contributed by atoms with Crippen molar-refractivity contribution in [3.63, 3.8) is 0 Å². The number of thiophene rings is 1. The summed E-state index contributed by atoms with van der Waals surface area (Å²) in [4.78, 5) is 11.2. The van der Waals surface area contributed by atoms with Crippen LogP contribution in [0.15, 0.2) is 11.4 Å². The highest BCUT2D eigenvalue weighted by Crippen LogP contribution is 2.29. The van der Waals surface area contributed by atoms with Crippen LogP contribution < -0.4 is 4.74 Å². The second-order valence-corrected chi connectivity index (χ2v) is 5.15. The van der Waals surface area contributed by atoms with Gasteiger partial charge in [-0.15, -0.1) is 20.4 Å². The van der Waals surface area contributed by atoms with E-state index in [1.807, 2.05) is 0 Å². The van der Waals surface area contributed by atoms with Crippen molar-refractivity contribution < 1.29 is 23.1 Å². The molecule has 1 rings (SSSR count). The van der Waals surface area contributed by atoms with Crippen LogP contribution in [0.3, 0.4) is 0 Å². The van der Waals surface area contributed by atoms with Gasteiger partial charge in [-0.3, -0.25) is 4.79 Å². The summed E-state index contributed by atoms with van der Waals surface area (Å²) >= 11 is 7.07. The number of ether oxygens (including phenoxy) is 1. The minimum Gasteiger partial charge on any atom is -0.483 e. The Bertz CT molecular complexity index is 380. The first-order valence-corrected chi connectivity index (χ1v) is 6.50. The lowest BCUT2D eigenvalue weighted by Crippen LogP contribution is -2.15. The van der Waals surface area contributed by atoms with E-state index in [2.05, 4.69) is 9.05 Å². The van der Waals surface area contributed by atoms with Crippen LogP contribution in [0.2, 0.25) is 4.34 Å². The molecule has 0 radical (unpaired) electrons. The monoisotopic (exact) mass is 283 g/mol. The van der Waals surface area contributed by atoms with Crippen molar-refractivity contribution in [3.8, 4) is 5.75 Å². The number of halogens is 1. The Morgan fingerprint density at radius 1 is 1.56 bits per heavy atom. The molecule has 0 aliphatic heterocycles. The van der Waals surface area contributed by atoms with Gasteiger partial charge >= 0.3 is 8.25 Å². The Labute approximate surface area is 102 Å². The summed E-state index contributed by atoms with van der Waals surface area (Å²) in [6.07, 6.45) is 0. The summed E-state index contributed by atoms with van der Waals surface area (Å²) < 4.78 is 25.2. The molecule has 0 amide bonds. The number of carbonyl (C=O) groups is 1. The zero-order valence-electron chi connectivity index (χ0n) is 8.34. The second-order valence-electron chi connectivity index (χ2n) is 2.57. The highest BCUT2D eigenvalue weighted by Gasteiger charge is 2.19. The number of Topliss-reactive ketones (excluding diaryl/α,β-unsaturated/α-hetero) is 1. The third-order valence-corrected chi connectivity index (χ3v) is 3.23. The molecule has 0 saturated carbocycles. The molecule has 1 aromatic heterocycles. The van der Waals surface area contributed by atoms with Crippen LogP contribution >= 0.6 is 31.2 Å². The van der Waals surface area contributed by atoms with E-state index in [0.29, 0.717) is 10.1 Å². The SMILES string of the molecule is CO[P+](=O)OCC(=O)COc1ccsc1Cl. The van der Waals surface area contributed by atoms with Crippen molar-refractivity contribution in [2.75, 3.05) is 20.3 Å². The summed E-state index contributed by atoms with van der Waals surface area (Å²) in [5.74, 6) is 0.110. The first-order valence-electron chi connectivity index (χ1n) is 4.15. The van der Waals surface area contributed by atoms with Crippen LogP contribution in [0.5, 0.6) is 5.75 Å². The van der Waals surface area contributed by atoms with E-state index < -0.39 is 8.25 Å². The molecule has 88 valence electrons. The Morgan fingerprint density at radius 3 is 2.88 bits per heavy atom. The summed E-state index contributed by atoms with van der Waals surface area (Å²) in [5.41, 5.74) is 0. The normalized spacial score (nSPS) is 11.2. The van der Waals surface area contributed by atoms with Crippen molar-refractivity contribution in [3.05, 3.63) is 15.8 Å². The maximum atomic E-state index is 11.2. The standard InChI is InChI=1S/C8H9ClO5PS/c1-12-15(11)14-5-6(10)4-13-7-2-3-16-8(7)9/h2-3H,4-5H2,1H3/q+1.